The van der Waals surface area contributed by atoms with Crippen LogP contribution in [0.3, 0.4) is 0 Å². The predicted molar refractivity (Wildman–Crippen MR) is 86.5 cm³/mol. The van der Waals surface area contributed by atoms with Gasteiger partial charge in [0, 0.05) is 13.1 Å². The highest BCUT2D eigenvalue weighted by molar-refractivity contribution is 7.89. The van der Waals surface area contributed by atoms with Gasteiger partial charge in [-0.05, 0) is 38.0 Å². The predicted octanol–water partition coefficient (Wildman–Crippen LogP) is 1.61. The molecule has 0 spiro atoms. The van der Waals surface area contributed by atoms with E-state index in [4.69, 9.17) is 4.74 Å². The van der Waals surface area contributed by atoms with Gasteiger partial charge in [-0.3, -0.25) is 4.90 Å². The maximum Gasteiger partial charge on any atom is 0.410 e. The molecule has 2 fully saturated rings. The van der Waals surface area contributed by atoms with E-state index in [0.29, 0.717) is 13.0 Å². The Balaban J connectivity index is 1.67. The van der Waals surface area contributed by atoms with E-state index in [1.165, 1.54) is 16.4 Å². The average molecular weight is 356 g/mol. The monoisotopic (exact) mass is 356 g/mol. The summed E-state index contributed by atoms with van der Waals surface area (Å²) in [5.41, 5.74) is 0.914. The second-order valence-electron chi connectivity index (χ2n) is 6.47. The first-order valence-electron chi connectivity index (χ1n) is 7.99. The number of nitrogens with zero attached hydrogens (tertiary/aromatic N) is 2. The van der Waals surface area contributed by atoms with Gasteiger partial charge < -0.3 is 4.74 Å². The smallest absolute Gasteiger partial charge is 0.410 e. The maximum atomic E-state index is 12.9. The third-order valence-electron chi connectivity index (χ3n) is 4.60. The zero-order valence-electron chi connectivity index (χ0n) is 13.7. The van der Waals surface area contributed by atoms with Crippen LogP contribution in [0.15, 0.2) is 24.3 Å². The number of ether oxygens (including phenoxy) is 1. The topological polar surface area (TPSA) is 66.9 Å². The van der Waals surface area contributed by atoms with E-state index in [2.05, 4.69) is 0 Å². The minimum absolute atomic E-state index is 0.212. The van der Waals surface area contributed by atoms with Crippen molar-refractivity contribution in [3.63, 3.8) is 0 Å². The van der Waals surface area contributed by atoms with Crippen LogP contribution < -0.4 is 0 Å². The second kappa shape index (κ2) is 6.33. The average Bonchev–Trinajstić information content (AvgIpc) is 3.05. The molecule has 1 aromatic rings. The number of sulfonamides is 1. The van der Waals surface area contributed by atoms with Gasteiger partial charge in [0.25, 0.3) is 0 Å². The molecule has 6 nitrogen and oxygen atoms in total. The third kappa shape index (κ3) is 3.12. The van der Waals surface area contributed by atoms with Crippen LogP contribution in [0.1, 0.15) is 19.4 Å². The van der Waals surface area contributed by atoms with Gasteiger partial charge in [-0.2, -0.15) is 4.31 Å². The maximum absolute atomic E-state index is 12.9. The molecule has 0 aliphatic carbocycles. The first-order valence-corrected chi connectivity index (χ1v) is 9.50. The summed E-state index contributed by atoms with van der Waals surface area (Å²) >= 11 is 0. The summed E-state index contributed by atoms with van der Waals surface area (Å²) in [5, 5.41) is -0.500. The van der Waals surface area contributed by atoms with Gasteiger partial charge in [-0.15, -0.1) is 0 Å². The lowest BCUT2D eigenvalue weighted by molar-refractivity contribution is 0.129. The Hall–Kier alpha value is -1.67. The number of carbonyl (C=O) groups is 1. The van der Waals surface area contributed by atoms with Gasteiger partial charge in [0.05, 0.1) is 17.8 Å². The van der Waals surface area contributed by atoms with Crippen LogP contribution in [0.25, 0.3) is 0 Å². The standard InChI is InChI=1S/C16H21FN2O4S/c1-11(2)24(21,22)18-9-14-15(10-18)23-16(20)19(14)8-7-12-3-5-13(17)6-4-12/h3-6,11,14-15H,7-10H2,1-2H3/t14-,15+/m0/s1. The van der Waals surface area contributed by atoms with Gasteiger partial charge in [0.2, 0.25) is 10.0 Å². The Bertz CT molecular complexity index is 720. The first kappa shape index (κ1) is 17.2. The molecule has 2 aliphatic heterocycles. The van der Waals surface area contributed by atoms with Crippen LogP contribution in [-0.2, 0) is 21.2 Å². The van der Waals surface area contributed by atoms with Gasteiger partial charge in [0.15, 0.2) is 0 Å². The Morgan fingerprint density at radius 2 is 1.92 bits per heavy atom. The molecule has 3 rings (SSSR count). The molecule has 1 aromatic carbocycles. The molecular formula is C16H21FN2O4S. The van der Waals surface area contributed by atoms with Gasteiger partial charge >= 0.3 is 6.09 Å². The van der Waals surface area contributed by atoms with Crippen LogP contribution in [0.2, 0.25) is 0 Å². The van der Waals surface area contributed by atoms with Crippen molar-refractivity contribution in [3.8, 4) is 0 Å². The number of carbonyl (C=O) groups excluding carboxylic acids is 1. The molecule has 1 amide bonds. The van der Waals surface area contributed by atoms with E-state index < -0.39 is 27.5 Å². The number of rotatable bonds is 5. The Kier molecular flexibility index (Phi) is 4.52. The molecule has 2 atom stereocenters. The number of fused-ring (bicyclic) bond motifs is 1. The summed E-state index contributed by atoms with van der Waals surface area (Å²) in [7, 11) is -3.36. The number of hydrogen-bond donors (Lipinski definition) is 0. The Morgan fingerprint density at radius 3 is 2.54 bits per heavy atom. The summed E-state index contributed by atoms with van der Waals surface area (Å²) in [5.74, 6) is -0.301. The van der Waals surface area contributed by atoms with Crippen molar-refractivity contribution in [1.82, 2.24) is 9.21 Å². The number of amides is 1. The molecule has 8 heteroatoms. The lowest BCUT2D eigenvalue weighted by Crippen LogP contribution is -2.41. The molecule has 0 radical (unpaired) electrons. The van der Waals surface area contributed by atoms with E-state index >= 15 is 0 Å². The van der Waals surface area contributed by atoms with Crippen molar-refractivity contribution < 1.29 is 22.3 Å². The SMILES string of the molecule is CC(C)S(=O)(=O)N1C[C@H]2OC(=O)N(CCc3ccc(F)cc3)[C@H]2C1. The zero-order valence-corrected chi connectivity index (χ0v) is 14.5. The highest BCUT2D eigenvalue weighted by Crippen LogP contribution is 2.29. The van der Waals surface area contributed by atoms with Crippen LogP contribution in [0.5, 0.6) is 0 Å². The van der Waals surface area contributed by atoms with Crippen molar-refractivity contribution in [2.24, 2.45) is 0 Å². The van der Waals surface area contributed by atoms with Crippen molar-refractivity contribution >= 4 is 16.1 Å². The molecule has 0 unspecified atom stereocenters. The highest BCUT2D eigenvalue weighted by atomic mass is 32.2. The molecule has 132 valence electrons. The fraction of sp³-hybridized carbons (Fsp3) is 0.562. The summed E-state index contributed by atoms with van der Waals surface area (Å²) in [4.78, 5) is 13.6. The molecule has 24 heavy (non-hydrogen) atoms. The molecule has 0 aromatic heterocycles. The number of benzene rings is 1. The van der Waals surface area contributed by atoms with Gasteiger partial charge in [-0.1, -0.05) is 12.1 Å². The van der Waals surface area contributed by atoms with Crippen LogP contribution in [0, 0.1) is 5.82 Å². The third-order valence-corrected chi connectivity index (χ3v) is 6.81. The molecule has 0 N–H and O–H groups in total. The molecule has 2 aliphatic rings. The Morgan fingerprint density at radius 1 is 1.25 bits per heavy atom. The lowest BCUT2D eigenvalue weighted by Gasteiger charge is -2.23. The van der Waals surface area contributed by atoms with Gasteiger partial charge in [0.1, 0.15) is 11.9 Å². The Labute approximate surface area is 141 Å². The zero-order chi connectivity index (χ0) is 17.5. The summed E-state index contributed by atoms with van der Waals surface area (Å²) in [6, 6.07) is 5.86. The minimum Gasteiger partial charge on any atom is -0.442 e. The lowest BCUT2D eigenvalue weighted by atomic mass is 10.1. The molecule has 2 heterocycles. The van der Waals surface area contributed by atoms with Crippen LogP contribution in [-0.4, -0.2) is 60.7 Å². The molecule has 2 saturated heterocycles. The normalized spacial score (nSPS) is 24.5. The van der Waals surface area contributed by atoms with Crippen molar-refractivity contribution in [3.05, 3.63) is 35.6 Å². The van der Waals surface area contributed by atoms with E-state index in [1.807, 2.05) is 0 Å². The van der Waals surface area contributed by atoms with Crippen molar-refractivity contribution in [1.29, 1.82) is 0 Å². The van der Waals surface area contributed by atoms with Crippen LogP contribution >= 0.6 is 0 Å². The molecule has 0 bridgehead atoms. The minimum atomic E-state index is -3.36. The van der Waals surface area contributed by atoms with E-state index in [0.717, 1.165) is 5.56 Å². The van der Waals surface area contributed by atoms with E-state index in [9.17, 15) is 17.6 Å². The fourth-order valence-corrected chi connectivity index (χ4v) is 4.45. The second-order valence-corrected chi connectivity index (χ2v) is 8.96. The molecular weight excluding hydrogens is 335 g/mol. The molecule has 0 saturated carbocycles. The van der Waals surface area contributed by atoms with Gasteiger partial charge in [-0.25, -0.2) is 17.6 Å². The van der Waals surface area contributed by atoms with E-state index in [-0.39, 0.29) is 24.9 Å². The highest BCUT2D eigenvalue weighted by Gasteiger charge is 2.50. The number of hydrogen-bond acceptors (Lipinski definition) is 4. The quantitative estimate of drug-likeness (QED) is 0.804. The summed E-state index contributed by atoms with van der Waals surface area (Å²) in [6.45, 7) is 4.18. The number of halogens is 1. The first-order chi connectivity index (χ1) is 11.3. The summed E-state index contributed by atoms with van der Waals surface area (Å²) < 4.78 is 44.3. The largest absolute Gasteiger partial charge is 0.442 e. The summed E-state index contributed by atoms with van der Waals surface area (Å²) in [6.07, 6.45) is -0.261. The van der Waals surface area contributed by atoms with E-state index in [1.54, 1.807) is 30.9 Å². The van der Waals surface area contributed by atoms with Crippen molar-refractivity contribution in [2.75, 3.05) is 19.6 Å². The van der Waals surface area contributed by atoms with Crippen molar-refractivity contribution in [2.45, 2.75) is 37.7 Å². The fourth-order valence-electron chi connectivity index (χ4n) is 3.13. The van der Waals surface area contributed by atoms with Crippen LogP contribution in [0.4, 0.5) is 9.18 Å².